The number of amidine groups is 1. The van der Waals surface area contributed by atoms with E-state index < -0.39 is 0 Å². The number of hydrogen-bond acceptors (Lipinski definition) is 4. The van der Waals surface area contributed by atoms with Gasteiger partial charge in [0.15, 0.2) is 5.17 Å². The molecule has 18 heavy (non-hydrogen) atoms. The Bertz CT molecular complexity index is 281. The van der Waals surface area contributed by atoms with Gasteiger partial charge in [0, 0.05) is 25.4 Å². The second-order valence-corrected chi connectivity index (χ2v) is 6.56. The van der Waals surface area contributed by atoms with Crippen LogP contribution in [0.4, 0.5) is 0 Å². The Balaban J connectivity index is 1.69. The van der Waals surface area contributed by atoms with Crippen LogP contribution in [-0.2, 0) is 0 Å². The Hall–Kier alpha value is -0.220. The second-order valence-electron chi connectivity index (χ2n) is 5.59. The van der Waals surface area contributed by atoms with Crippen molar-refractivity contribution in [2.75, 3.05) is 38.5 Å². The van der Waals surface area contributed by atoms with Gasteiger partial charge in [-0.05, 0) is 44.2 Å². The Morgan fingerprint density at radius 1 is 1.28 bits per heavy atom. The van der Waals surface area contributed by atoms with Crippen molar-refractivity contribution in [1.29, 1.82) is 0 Å². The molecule has 1 fully saturated rings. The molecule has 3 nitrogen and oxygen atoms in total. The lowest BCUT2D eigenvalue weighted by Crippen LogP contribution is -2.37. The van der Waals surface area contributed by atoms with Crippen LogP contribution in [0.3, 0.4) is 0 Å². The highest BCUT2D eigenvalue weighted by molar-refractivity contribution is 8.13. The van der Waals surface area contributed by atoms with Crippen LogP contribution in [0, 0.1) is 5.41 Å². The molecular weight excluding hydrogens is 242 g/mol. The Morgan fingerprint density at radius 3 is 2.56 bits per heavy atom. The van der Waals surface area contributed by atoms with Gasteiger partial charge in [-0.15, -0.1) is 0 Å². The molecule has 2 aliphatic heterocycles. The van der Waals surface area contributed by atoms with E-state index in [-0.39, 0.29) is 0 Å². The normalized spacial score (nSPS) is 24.0. The van der Waals surface area contributed by atoms with Gasteiger partial charge in [0.2, 0.25) is 0 Å². The van der Waals surface area contributed by atoms with Crippen LogP contribution in [0.25, 0.3) is 0 Å². The monoisotopic (exact) mass is 269 g/mol. The van der Waals surface area contributed by atoms with Gasteiger partial charge in [-0.1, -0.05) is 25.6 Å². The summed E-state index contributed by atoms with van der Waals surface area (Å²) in [6, 6.07) is 0. The number of thioether (sulfide) groups is 1. The molecule has 0 atom stereocenters. The molecule has 0 amide bonds. The molecule has 104 valence electrons. The molecule has 0 aliphatic carbocycles. The molecule has 0 aromatic heterocycles. The number of likely N-dealkylation sites (tertiary alicyclic amines) is 1. The number of rotatable bonds is 5. The molecule has 0 aromatic carbocycles. The summed E-state index contributed by atoms with van der Waals surface area (Å²) in [4.78, 5) is 7.28. The minimum Gasteiger partial charge on any atom is -0.364 e. The van der Waals surface area contributed by atoms with E-state index in [1.165, 1.54) is 56.2 Å². The van der Waals surface area contributed by atoms with Gasteiger partial charge < -0.3 is 10.2 Å². The predicted molar refractivity (Wildman–Crippen MR) is 81.5 cm³/mol. The van der Waals surface area contributed by atoms with E-state index in [1.54, 1.807) is 0 Å². The fourth-order valence-corrected chi connectivity index (χ4v) is 3.97. The molecule has 0 bridgehead atoms. The lowest BCUT2D eigenvalue weighted by molar-refractivity contribution is 0.317. The third kappa shape index (κ3) is 3.64. The highest BCUT2D eigenvalue weighted by Crippen LogP contribution is 2.34. The molecule has 0 radical (unpaired) electrons. The van der Waals surface area contributed by atoms with Crippen LogP contribution in [0.5, 0.6) is 0 Å². The summed E-state index contributed by atoms with van der Waals surface area (Å²) in [5.74, 6) is 1.23. The Kier molecular flexibility index (Phi) is 5.37. The van der Waals surface area contributed by atoms with E-state index >= 15 is 0 Å². The third-order valence-corrected chi connectivity index (χ3v) is 5.78. The zero-order chi connectivity index (χ0) is 12.8. The van der Waals surface area contributed by atoms with Gasteiger partial charge in [0.1, 0.15) is 0 Å². The van der Waals surface area contributed by atoms with E-state index in [1.807, 2.05) is 11.8 Å². The highest BCUT2D eigenvalue weighted by atomic mass is 32.2. The van der Waals surface area contributed by atoms with Gasteiger partial charge in [-0.3, -0.25) is 4.99 Å². The van der Waals surface area contributed by atoms with Crippen molar-refractivity contribution in [3.8, 4) is 0 Å². The second kappa shape index (κ2) is 6.80. The number of aliphatic imine (C=N–C) groups is 1. The summed E-state index contributed by atoms with van der Waals surface area (Å²) < 4.78 is 0. The topological polar surface area (TPSA) is 27.6 Å². The molecule has 0 aromatic rings. The van der Waals surface area contributed by atoms with Gasteiger partial charge >= 0.3 is 0 Å². The van der Waals surface area contributed by atoms with Crippen LogP contribution in [0.2, 0.25) is 0 Å². The van der Waals surface area contributed by atoms with Gasteiger partial charge in [0.05, 0.1) is 0 Å². The van der Waals surface area contributed by atoms with Crippen molar-refractivity contribution in [3.05, 3.63) is 0 Å². The summed E-state index contributed by atoms with van der Waals surface area (Å²) in [5, 5.41) is 4.68. The average molecular weight is 269 g/mol. The molecule has 4 heteroatoms. The van der Waals surface area contributed by atoms with Crippen molar-refractivity contribution in [2.45, 2.75) is 39.5 Å². The first-order valence-electron chi connectivity index (χ1n) is 7.41. The van der Waals surface area contributed by atoms with Crippen LogP contribution in [0.15, 0.2) is 4.99 Å². The molecule has 0 saturated carbocycles. The van der Waals surface area contributed by atoms with Crippen molar-refractivity contribution >= 4 is 16.9 Å². The molecular formula is C14H27N3S. The first-order chi connectivity index (χ1) is 8.78. The molecule has 1 N–H and O–H groups in total. The van der Waals surface area contributed by atoms with Crippen molar-refractivity contribution in [3.63, 3.8) is 0 Å². The summed E-state index contributed by atoms with van der Waals surface area (Å²) in [6.07, 6.45) is 5.26. The van der Waals surface area contributed by atoms with Crippen molar-refractivity contribution in [1.82, 2.24) is 10.2 Å². The fraction of sp³-hybridized carbons (Fsp3) is 0.929. The smallest absolute Gasteiger partial charge is 0.156 e. The quantitative estimate of drug-likeness (QED) is 0.831. The van der Waals surface area contributed by atoms with E-state index in [9.17, 15) is 0 Å². The standard InChI is InChI=1S/C14H27N3S/c1-3-14(4-2)11-16-13(18-12-14)15-7-10-17-8-5-6-9-17/h3-12H2,1-2H3,(H,15,16). The molecule has 0 unspecified atom stereocenters. The zero-order valence-corrected chi connectivity index (χ0v) is 12.7. The van der Waals surface area contributed by atoms with Crippen LogP contribution >= 0.6 is 11.8 Å². The first-order valence-corrected chi connectivity index (χ1v) is 8.40. The molecule has 2 aliphatic rings. The molecule has 2 rings (SSSR count). The summed E-state index contributed by atoms with van der Waals surface area (Å²) in [7, 11) is 0. The summed E-state index contributed by atoms with van der Waals surface area (Å²) in [6.45, 7) is 10.4. The lowest BCUT2D eigenvalue weighted by Gasteiger charge is -2.33. The maximum Gasteiger partial charge on any atom is 0.156 e. The van der Waals surface area contributed by atoms with E-state index in [4.69, 9.17) is 4.99 Å². The van der Waals surface area contributed by atoms with E-state index in [0.29, 0.717) is 5.41 Å². The van der Waals surface area contributed by atoms with Gasteiger partial charge in [0.25, 0.3) is 0 Å². The number of nitrogens with one attached hydrogen (secondary N) is 1. The van der Waals surface area contributed by atoms with Crippen LogP contribution in [0.1, 0.15) is 39.5 Å². The highest BCUT2D eigenvalue weighted by Gasteiger charge is 2.29. The molecule has 2 heterocycles. The maximum atomic E-state index is 4.74. The lowest BCUT2D eigenvalue weighted by atomic mass is 9.84. The summed E-state index contributed by atoms with van der Waals surface area (Å²) >= 11 is 1.92. The maximum absolute atomic E-state index is 4.74. The van der Waals surface area contributed by atoms with Crippen molar-refractivity contribution < 1.29 is 0 Å². The average Bonchev–Trinajstić information content (AvgIpc) is 2.93. The van der Waals surface area contributed by atoms with Crippen molar-refractivity contribution in [2.24, 2.45) is 10.4 Å². The van der Waals surface area contributed by atoms with Crippen LogP contribution in [-0.4, -0.2) is 48.5 Å². The van der Waals surface area contributed by atoms with E-state index in [2.05, 4.69) is 24.1 Å². The SMILES string of the molecule is CCC1(CC)CN=C(NCCN2CCCC2)SC1. The largest absolute Gasteiger partial charge is 0.364 e. The summed E-state index contributed by atoms with van der Waals surface area (Å²) in [5.41, 5.74) is 0.463. The Labute approximate surface area is 116 Å². The minimum atomic E-state index is 0.463. The molecule has 1 saturated heterocycles. The predicted octanol–water partition coefficient (Wildman–Crippen LogP) is 2.58. The fourth-order valence-electron chi connectivity index (χ4n) is 2.66. The zero-order valence-electron chi connectivity index (χ0n) is 11.9. The third-order valence-electron chi connectivity index (χ3n) is 4.48. The number of hydrogen-bond donors (Lipinski definition) is 1. The number of nitrogens with zero attached hydrogens (tertiary/aromatic N) is 2. The first kappa shape index (κ1) is 14.2. The van der Waals surface area contributed by atoms with Gasteiger partial charge in [-0.2, -0.15) is 0 Å². The van der Waals surface area contributed by atoms with Gasteiger partial charge in [-0.25, -0.2) is 0 Å². The van der Waals surface area contributed by atoms with E-state index in [0.717, 1.165) is 13.1 Å². The minimum absolute atomic E-state index is 0.463. The van der Waals surface area contributed by atoms with Crippen LogP contribution < -0.4 is 5.32 Å². The molecule has 0 spiro atoms. The Morgan fingerprint density at radius 2 is 2.00 bits per heavy atom.